The lowest BCUT2D eigenvalue weighted by Gasteiger charge is -2.11. The molecule has 0 aliphatic heterocycles. The predicted molar refractivity (Wildman–Crippen MR) is 65.3 cm³/mol. The number of aromatic nitrogens is 2. The van der Waals surface area contributed by atoms with Crippen LogP contribution in [0.2, 0.25) is 0 Å². The average Bonchev–Trinajstić information content (AvgIpc) is 2.34. The monoisotopic (exact) mass is 230 g/mol. The molecule has 2 rings (SSSR count). The Balaban J connectivity index is 2.36. The smallest absolute Gasteiger partial charge is 0.315 e. The second-order valence-corrected chi connectivity index (χ2v) is 3.78. The summed E-state index contributed by atoms with van der Waals surface area (Å²) in [4.78, 5) is 15.3. The van der Waals surface area contributed by atoms with Crippen molar-refractivity contribution in [2.75, 3.05) is 7.11 Å². The molecule has 0 fully saturated rings. The standard InChI is InChI=1S/C13H14N2O2/c1-10-14-13(16)12(17-2)9-15(10)8-11-6-4-3-5-7-11/h3-7,9H,8H2,1-2H3. The van der Waals surface area contributed by atoms with Crippen molar-refractivity contribution in [2.24, 2.45) is 0 Å². The first-order chi connectivity index (χ1) is 8.20. The van der Waals surface area contributed by atoms with Gasteiger partial charge in [-0.25, -0.2) is 0 Å². The molecule has 0 bridgehead atoms. The Kier molecular flexibility index (Phi) is 3.23. The minimum atomic E-state index is -0.325. The van der Waals surface area contributed by atoms with Crippen LogP contribution in [0.15, 0.2) is 41.3 Å². The van der Waals surface area contributed by atoms with Gasteiger partial charge >= 0.3 is 5.56 Å². The normalized spacial score (nSPS) is 10.2. The molecule has 0 unspecified atom stereocenters. The van der Waals surface area contributed by atoms with Gasteiger partial charge in [0.05, 0.1) is 13.3 Å². The van der Waals surface area contributed by atoms with E-state index in [-0.39, 0.29) is 11.3 Å². The molecule has 0 aliphatic carbocycles. The van der Waals surface area contributed by atoms with E-state index in [0.29, 0.717) is 12.4 Å². The molecule has 0 aliphatic rings. The van der Waals surface area contributed by atoms with Gasteiger partial charge in [-0.3, -0.25) is 4.79 Å². The van der Waals surface area contributed by atoms with E-state index in [9.17, 15) is 4.79 Å². The number of rotatable bonds is 3. The highest BCUT2D eigenvalue weighted by Gasteiger charge is 2.05. The molecule has 0 N–H and O–H groups in total. The lowest BCUT2D eigenvalue weighted by molar-refractivity contribution is 0.400. The fourth-order valence-corrected chi connectivity index (χ4v) is 1.64. The molecule has 88 valence electrons. The van der Waals surface area contributed by atoms with Gasteiger partial charge in [0.1, 0.15) is 5.82 Å². The molecule has 4 nitrogen and oxygen atoms in total. The van der Waals surface area contributed by atoms with Gasteiger partial charge in [0.15, 0.2) is 0 Å². The molecule has 0 saturated carbocycles. The van der Waals surface area contributed by atoms with Crippen LogP contribution in [0.25, 0.3) is 0 Å². The number of ether oxygens (including phenoxy) is 1. The number of nitrogens with zero attached hydrogens (tertiary/aromatic N) is 2. The van der Waals surface area contributed by atoms with Gasteiger partial charge in [-0.15, -0.1) is 0 Å². The molecule has 0 atom stereocenters. The van der Waals surface area contributed by atoms with Gasteiger partial charge in [0.2, 0.25) is 5.75 Å². The average molecular weight is 230 g/mol. The van der Waals surface area contributed by atoms with Crippen LogP contribution in [-0.4, -0.2) is 16.7 Å². The first kappa shape index (κ1) is 11.4. The highest BCUT2D eigenvalue weighted by atomic mass is 16.5. The summed E-state index contributed by atoms with van der Waals surface area (Å²) in [6, 6.07) is 10.0. The van der Waals surface area contributed by atoms with Gasteiger partial charge in [-0.2, -0.15) is 4.98 Å². The summed E-state index contributed by atoms with van der Waals surface area (Å²) in [5.41, 5.74) is 0.831. The van der Waals surface area contributed by atoms with E-state index in [4.69, 9.17) is 4.74 Å². The van der Waals surface area contributed by atoms with Gasteiger partial charge in [-0.05, 0) is 12.5 Å². The number of aryl methyl sites for hydroxylation is 1. The van der Waals surface area contributed by atoms with E-state index in [2.05, 4.69) is 4.98 Å². The minimum absolute atomic E-state index is 0.270. The van der Waals surface area contributed by atoms with Crippen molar-refractivity contribution in [3.8, 4) is 5.75 Å². The van der Waals surface area contributed by atoms with Gasteiger partial charge < -0.3 is 9.30 Å². The third-order valence-corrected chi connectivity index (χ3v) is 2.58. The zero-order chi connectivity index (χ0) is 12.3. The molecule has 4 heteroatoms. The first-order valence-corrected chi connectivity index (χ1v) is 5.36. The first-order valence-electron chi connectivity index (χ1n) is 5.36. The summed E-state index contributed by atoms with van der Waals surface area (Å²) in [6.45, 7) is 2.49. The Labute approximate surface area is 99.5 Å². The van der Waals surface area contributed by atoms with Crippen LogP contribution in [0.4, 0.5) is 0 Å². The van der Waals surface area contributed by atoms with E-state index in [1.165, 1.54) is 7.11 Å². The van der Waals surface area contributed by atoms with Crippen LogP contribution in [0.1, 0.15) is 11.4 Å². The van der Waals surface area contributed by atoms with Crippen molar-refractivity contribution in [2.45, 2.75) is 13.5 Å². The SMILES string of the molecule is COc1cn(Cc2ccccc2)c(C)nc1=O. The number of hydrogen-bond donors (Lipinski definition) is 0. The van der Waals surface area contributed by atoms with Crippen molar-refractivity contribution in [3.63, 3.8) is 0 Å². The van der Waals surface area contributed by atoms with Crippen molar-refractivity contribution >= 4 is 0 Å². The van der Waals surface area contributed by atoms with Crippen LogP contribution in [-0.2, 0) is 6.54 Å². The Morgan fingerprint density at radius 2 is 2.00 bits per heavy atom. The highest BCUT2D eigenvalue weighted by molar-refractivity contribution is 5.18. The Morgan fingerprint density at radius 3 is 2.65 bits per heavy atom. The Bertz CT molecular complexity index is 561. The quantitative estimate of drug-likeness (QED) is 0.804. The largest absolute Gasteiger partial charge is 0.490 e. The summed E-state index contributed by atoms with van der Waals surface area (Å²) in [5, 5.41) is 0. The third-order valence-electron chi connectivity index (χ3n) is 2.58. The zero-order valence-corrected chi connectivity index (χ0v) is 9.88. The van der Waals surface area contributed by atoms with Crippen LogP contribution >= 0.6 is 0 Å². The molecule has 1 heterocycles. The number of benzene rings is 1. The molecule has 0 saturated heterocycles. The molecule has 0 radical (unpaired) electrons. The molecular weight excluding hydrogens is 216 g/mol. The molecular formula is C13H14N2O2. The van der Waals surface area contributed by atoms with Crippen molar-refractivity contribution in [1.29, 1.82) is 0 Å². The zero-order valence-electron chi connectivity index (χ0n) is 9.88. The van der Waals surface area contributed by atoms with Crippen LogP contribution in [0.3, 0.4) is 0 Å². The van der Waals surface area contributed by atoms with Gasteiger partial charge in [0.25, 0.3) is 0 Å². The summed E-state index contributed by atoms with van der Waals surface area (Å²) < 4.78 is 6.88. The van der Waals surface area contributed by atoms with Crippen molar-refractivity contribution in [3.05, 3.63) is 58.3 Å². The Hall–Kier alpha value is -2.10. The second kappa shape index (κ2) is 4.82. The molecule has 1 aromatic carbocycles. The molecule has 17 heavy (non-hydrogen) atoms. The topological polar surface area (TPSA) is 44.1 Å². The predicted octanol–water partition coefficient (Wildman–Crippen LogP) is 1.61. The maximum absolute atomic E-state index is 11.4. The van der Waals surface area contributed by atoms with Crippen LogP contribution in [0.5, 0.6) is 5.75 Å². The van der Waals surface area contributed by atoms with E-state index in [1.54, 1.807) is 6.20 Å². The van der Waals surface area contributed by atoms with Crippen LogP contribution < -0.4 is 10.3 Å². The van der Waals surface area contributed by atoms with Gasteiger partial charge in [0, 0.05) is 6.54 Å². The molecule has 1 aromatic heterocycles. The summed E-state index contributed by atoms with van der Waals surface area (Å²) in [5.74, 6) is 0.950. The van der Waals surface area contributed by atoms with E-state index >= 15 is 0 Å². The second-order valence-electron chi connectivity index (χ2n) is 3.78. The van der Waals surface area contributed by atoms with Crippen molar-refractivity contribution < 1.29 is 4.74 Å². The third kappa shape index (κ3) is 2.53. The number of hydrogen-bond acceptors (Lipinski definition) is 3. The summed E-state index contributed by atoms with van der Waals surface area (Å²) in [6.07, 6.45) is 1.69. The lowest BCUT2D eigenvalue weighted by atomic mass is 10.2. The van der Waals surface area contributed by atoms with Crippen LogP contribution in [0, 0.1) is 6.92 Å². The lowest BCUT2D eigenvalue weighted by Crippen LogP contribution is -2.17. The fraction of sp³-hybridized carbons (Fsp3) is 0.231. The van der Waals surface area contributed by atoms with E-state index < -0.39 is 0 Å². The molecule has 0 spiro atoms. The van der Waals surface area contributed by atoms with Gasteiger partial charge in [-0.1, -0.05) is 30.3 Å². The number of methoxy groups -OCH3 is 1. The maximum Gasteiger partial charge on any atom is 0.315 e. The van der Waals surface area contributed by atoms with Crippen molar-refractivity contribution in [1.82, 2.24) is 9.55 Å². The summed E-state index contributed by atoms with van der Waals surface area (Å²) in [7, 11) is 1.47. The minimum Gasteiger partial charge on any atom is -0.490 e. The van der Waals surface area contributed by atoms with E-state index in [1.807, 2.05) is 41.8 Å². The maximum atomic E-state index is 11.4. The molecule has 0 amide bonds. The summed E-state index contributed by atoms with van der Waals surface area (Å²) >= 11 is 0. The Morgan fingerprint density at radius 1 is 1.29 bits per heavy atom. The van der Waals surface area contributed by atoms with E-state index in [0.717, 1.165) is 5.56 Å². The fourth-order valence-electron chi connectivity index (χ4n) is 1.64. The highest BCUT2D eigenvalue weighted by Crippen LogP contribution is 2.07. The molecule has 2 aromatic rings.